The molecular formula is C19H23N3O4S. The van der Waals surface area contributed by atoms with Gasteiger partial charge >= 0.3 is 0 Å². The van der Waals surface area contributed by atoms with Gasteiger partial charge in [-0.15, -0.1) is 10.8 Å². The van der Waals surface area contributed by atoms with Crippen LogP contribution in [0.3, 0.4) is 0 Å². The second-order valence-corrected chi connectivity index (χ2v) is 8.83. The zero-order valence-electron chi connectivity index (χ0n) is 15.3. The monoisotopic (exact) mass is 389 g/mol. The van der Waals surface area contributed by atoms with E-state index in [1.54, 1.807) is 44.4 Å². The van der Waals surface area contributed by atoms with Crippen LogP contribution in [0, 0.1) is 0 Å². The van der Waals surface area contributed by atoms with Crippen molar-refractivity contribution in [1.82, 2.24) is 9.62 Å². The van der Waals surface area contributed by atoms with Crippen molar-refractivity contribution in [2.45, 2.75) is 23.8 Å². The number of fused-ring (bicyclic) bond motifs is 1. The Morgan fingerprint density at radius 1 is 1.15 bits per heavy atom. The second-order valence-electron chi connectivity index (χ2n) is 7.01. The summed E-state index contributed by atoms with van der Waals surface area (Å²) in [7, 11) is 0.366. The maximum absolute atomic E-state index is 12.0. The van der Waals surface area contributed by atoms with Crippen molar-refractivity contribution in [3.63, 3.8) is 0 Å². The Labute approximate surface area is 160 Å². The smallest absolute Gasteiger partial charge is 0.253 e. The predicted molar refractivity (Wildman–Crippen MR) is 106 cm³/mol. The molecule has 0 aromatic heterocycles. The van der Waals surface area contributed by atoms with E-state index in [4.69, 9.17) is 4.74 Å². The van der Waals surface area contributed by atoms with E-state index in [-0.39, 0.29) is 5.91 Å². The van der Waals surface area contributed by atoms with Crippen LogP contribution in [0.5, 0.6) is 11.5 Å². The first-order valence-electron chi connectivity index (χ1n) is 8.78. The van der Waals surface area contributed by atoms with Crippen LogP contribution in [0.15, 0.2) is 47.4 Å². The highest BCUT2D eigenvalue weighted by Gasteiger charge is 2.37. The van der Waals surface area contributed by atoms with Crippen LogP contribution in [0.2, 0.25) is 0 Å². The van der Waals surface area contributed by atoms with Gasteiger partial charge in [0.2, 0.25) is 0 Å². The molecule has 7 nitrogen and oxygen atoms in total. The zero-order valence-corrected chi connectivity index (χ0v) is 16.1. The molecule has 2 aromatic rings. The number of carbonyl (C=O) groups excluding carboxylic acids is 1. The number of ether oxygens (including phenoxy) is 1. The number of nitrogens with one attached hydrogen (secondary N) is 1. The Morgan fingerprint density at radius 2 is 1.81 bits per heavy atom. The highest BCUT2D eigenvalue weighted by molar-refractivity contribution is 8.22. The molecule has 2 aliphatic rings. The van der Waals surface area contributed by atoms with Crippen LogP contribution >= 0.6 is 10.8 Å². The first-order chi connectivity index (χ1) is 12.8. The normalized spacial score (nSPS) is 19.2. The minimum atomic E-state index is -3.04. The largest absolute Gasteiger partial charge is 0.457 e. The van der Waals surface area contributed by atoms with Gasteiger partial charge in [-0.05, 0) is 49.2 Å². The summed E-state index contributed by atoms with van der Waals surface area (Å²) >= 11 is 0. The number of benzene rings is 2. The van der Waals surface area contributed by atoms with Crippen LogP contribution < -0.4 is 14.4 Å². The summed E-state index contributed by atoms with van der Waals surface area (Å²) in [5.74, 6) is 1.01. The quantitative estimate of drug-likeness (QED) is 0.739. The number of nitrogens with zero attached hydrogens (tertiary/aromatic N) is 2. The van der Waals surface area contributed by atoms with E-state index in [0.29, 0.717) is 34.7 Å². The van der Waals surface area contributed by atoms with E-state index >= 15 is 0 Å². The molecule has 0 radical (unpaired) electrons. The first kappa shape index (κ1) is 18.1. The number of rotatable bonds is 4. The Balaban J connectivity index is 1.57. The topological polar surface area (TPSA) is 85.3 Å². The SMILES string of the molecule is CN(C)C(=O)c1ccc(Oc2ccc3c(c2)S(O)(O)NCN3C2CC2)cc1. The number of amides is 1. The van der Waals surface area contributed by atoms with E-state index in [2.05, 4.69) is 9.62 Å². The van der Waals surface area contributed by atoms with Gasteiger partial charge in [-0.2, -0.15) is 4.72 Å². The Kier molecular flexibility index (Phi) is 4.51. The average molecular weight is 389 g/mol. The molecule has 1 aliphatic carbocycles. The molecule has 1 saturated carbocycles. The molecule has 0 atom stereocenters. The van der Waals surface area contributed by atoms with Crippen LogP contribution in [-0.4, -0.2) is 46.7 Å². The minimum absolute atomic E-state index is 0.0736. The summed E-state index contributed by atoms with van der Waals surface area (Å²) in [5.41, 5.74) is 1.42. The van der Waals surface area contributed by atoms with Crippen molar-refractivity contribution in [3.8, 4) is 11.5 Å². The fraction of sp³-hybridized carbons (Fsp3) is 0.316. The molecule has 8 heteroatoms. The molecular weight excluding hydrogens is 366 g/mol. The van der Waals surface area contributed by atoms with Gasteiger partial charge in [-0.25, -0.2) is 0 Å². The highest BCUT2D eigenvalue weighted by Crippen LogP contribution is 2.54. The van der Waals surface area contributed by atoms with Crippen molar-refractivity contribution in [3.05, 3.63) is 48.0 Å². The zero-order chi connectivity index (χ0) is 19.2. The summed E-state index contributed by atoms with van der Waals surface area (Å²) in [6, 6.07) is 12.7. The van der Waals surface area contributed by atoms with E-state index in [0.717, 1.165) is 18.5 Å². The van der Waals surface area contributed by atoms with Gasteiger partial charge in [0.05, 0.1) is 12.4 Å². The molecule has 0 unspecified atom stereocenters. The molecule has 0 spiro atoms. The highest BCUT2D eigenvalue weighted by atomic mass is 32.3. The molecule has 4 rings (SSSR count). The summed E-state index contributed by atoms with van der Waals surface area (Å²) in [6.45, 7) is 0.432. The minimum Gasteiger partial charge on any atom is -0.457 e. The van der Waals surface area contributed by atoms with E-state index < -0.39 is 10.8 Å². The van der Waals surface area contributed by atoms with Crippen molar-refractivity contribution in [2.75, 3.05) is 25.7 Å². The molecule has 3 N–H and O–H groups in total. The van der Waals surface area contributed by atoms with Gasteiger partial charge < -0.3 is 14.5 Å². The fourth-order valence-corrected chi connectivity index (χ4v) is 4.35. The number of anilines is 1. The molecule has 2 aromatic carbocycles. The molecule has 144 valence electrons. The Hall–Kier alpha value is -2.26. The number of hydrogen-bond donors (Lipinski definition) is 3. The van der Waals surface area contributed by atoms with Gasteiger partial charge in [0.1, 0.15) is 16.4 Å². The van der Waals surface area contributed by atoms with Gasteiger partial charge in [0, 0.05) is 31.8 Å². The third-order valence-electron chi connectivity index (χ3n) is 4.71. The fourth-order valence-electron chi connectivity index (χ4n) is 3.12. The average Bonchev–Trinajstić information content (AvgIpc) is 3.47. The lowest BCUT2D eigenvalue weighted by molar-refractivity contribution is 0.0827. The van der Waals surface area contributed by atoms with E-state index in [1.165, 1.54) is 4.90 Å². The second kappa shape index (κ2) is 6.72. The van der Waals surface area contributed by atoms with Crippen LogP contribution in [0.1, 0.15) is 23.2 Å². The Bertz CT molecular complexity index is 866. The maximum atomic E-state index is 12.0. The van der Waals surface area contributed by atoms with Crippen LogP contribution in [-0.2, 0) is 0 Å². The summed E-state index contributed by atoms with van der Waals surface area (Å²) in [4.78, 5) is 16.1. The third-order valence-corrected chi connectivity index (χ3v) is 6.19. The molecule has 1 amide bonds. The number of hydrogen-bond acceptors (Lipinski definition) is 6. The van der Waals surface area contributed by atoms with Crippen LogP contribution in [0.25, 0.3) is 0 Å². The van der Waals surface area contributed by atoms with E-state index in [9.17, 15) is 13.9 Å². The Morgan fingerprint density at radius 3 is 2.44 bits per heavy atom. The van der Waals surface area contributed by atoms with Gasteiger partial charge in [-0.1, -0.05) is 0 Å². The third kappa shape index (κ3) is 3.61. The summed E-state index contributed by atoms with van der Waals surface area (Å²) in [6.07, 6.45) is 2.24. The molecule has 1 heterocycles. The standard InChI is InChI=1S/C19H23N3O4S/c1-21(2)19(23)13-3-7-15(8-4-13)26-16-9-10-17-18(11-16)27(24,25)20-12-22(17)14-5-6-14/h3-4,7-11,14,20,24-25H,5-6,12H2,1-2H3. The lowest BCUT2D eigenvalue weighted by Crippen LogP contribution is -2.42. The lowest BCUT2D eigenvalue weighted by atomic mass is 10.2. The van der Waals surface area contributed by atoms with Crippen molar-refractivity contribution >= 4 is 22.4 Å². The van der Waals surface area contributed by atoms with Crippen molar-refractivity contribution < 1.29 is 18.6 Å². The molecule has 1 aliphatic heterocycles. The van der Waals surface area contributed by atoms with Crippen molar-refractivity contribution in [2.24, 2.45) is 0 Å². The molecule has 0 saturated heterocycles. The van der Waals surface area contributed by atoms with Gasteiger partial charge in [-0.3, -0.25) is 13.9 Å². The summed E-state index contributed by atoms with van der Waals surface area (Å²) < 4.78 is 29.5. The molecule has 1 fully saturated rings. The first-order valence-corrected chi connectivity index (χ1v) is 10.3. The van der Waals surface area contributed by atoms with E-state index in [1.807, 2.05) is 12.1 Å². The predicted octanol–water partition coefficient (Wildman–Crippen LogP) is 3.73. The van der Waals surface area contributed by atoms with Crippen LogP contribution in [0.4, 0.5) is 5.69 Å². The van der Waals surface area contributed by atoms with Gasteiger partial charge in [0.15, 0.2) is 0 Å². The maximum Gasteiger partial charge on any atom is 0.253 e. The van der Waals surface area contributed by atoms with Gasteiger partial charge in [0.25, 0.3) is 5.91 Å². The number of carbonyl (C=O) groups is 1. The summed E-state index contributed by atoms with van der Waals surface area (Å²) in [5, 5.41) is 0. The molecule has 0 bridgehead atoms. The molecule has 27 heavy (non-hydrogen) atoms. The lowest BCUT2D eigenvalue weighted by Gasteiger charge is -2.44. The van der Waals surface area contributed by atoms with Crippen molar-refractivity contribution in [1.29, 1.82) is 0 Å².